The Morgan fingerprint density at radius 1 is 1.64 bits per heavy atom. The van der Waals surface area contributed by atoms with Crippen molar-refractivity contribution in [1.29, 1.82) is 0 Å². The van der Waals surface area contributed by atoms with Gasteiger partial charge in [-0.1, -0.05) is 0 Å². The second-order valence-electron chi connectivity index (χ2n) is 3.78. The predicted octanol–water partition coefficient (Wildman–Crippen LogP) is 0.444. The van der Waals surface area contributed by atoms with Crippen LogP contribution in [0.15, 0.2) is 18.5 Å². The van der Waals surface area contributed by atoms with Gasteiger partial charge in [-0.25, -0.2) is 0 Å². The number of hydrogen-bond acceptors (Lipinski definition) is 2. The molecule has 0 saturated carbocycles. The van der Waals surface area contributed by atoms with Crippen LogP contribution < -0.4 is 5.32 Å². The van der Waals surface area contributed by atoms with Crippen molar-refractivity contribution in [2.75, 3.05) is 6.54 Å². The largest absolute Gasteiger partial charge is 0.381 e. The van der Waals surface area contributed by atoms with Gasteiger partial charge in [0.25, 0.3) is 5.91 Å². The molecule has 3 N–H and O–H groups in total. The molecular weight excluding hydrogens is 180 g/mol. The molecule has 0 fully saturated rings. The van der Waals surface area contributed by atoms with Crippen LogP contribution in [0, 0.1) is 0 Å². The number of H-pyrrole nitrogens is 1. The van der Waals surface area contributed by atoms with Crippen LogP contribution in [-0.2, 0) is 11.2 Å². The van der Waals surface area contributed by atoms with Gasteiger partial charge in [-0.2, -0.15) is 0 Å². The highest BCUT2D eigenvalue weighted by molar-refractivity contribution is 5.83. The van der Waals surface area contributed by atoms with E-state index in [0.29, 0.717) is 6.54 Å². The van der Waals surface area contributed by atoms with Gasteiger partial charge >= 0.3 is 0 Å². The highest BCUT2D eigenvalue weighted by atomic mass is 16.3. The lowest BCUT2D eigenvalue weighted by Gasteiger charge is -2.16. The van der Waals surface area contributed by atoms with E-state index in [1.165, 1.54) is 13.8 Å². The molecule has 0 aliphatic carbocycles. The Bertz CT molecular complexity index is 286. The Kier molecular flexibility index (Phi) is 3.30. The van der Waals surface area contributed by atoms with Gasteiger partial charge in [0.05, 0.1) is 0 Å². The molecule has 0 unspecified atom stereocenters. The fourth-order valence-corrected chi connectivity index (χ4v) is 1.05. The number of carbonyl (C=O) groups is 1. The molecular formula is C10H16N2O2. The zero-order chi connectivity index (χ0) is 10.6. The molecule has 0 aliphatic heterocycles. The third-order valence-corrected chi connectivity index (χ3v) is 1.92. The quantitative estimate of drug-likeness (QED) is 0.654. The van der Waals surface area contributed by atoms with Gasteiger partial charge in [0.1, 0.15) is 5.60 Å². The van der Waals surface area contributed by atoms with E-state index in [-0.39, 0.29) is 5.91 Å². The number of carbonyl (C=O) groups excluding carboxylic acids is 1. The van der Waals surface area contributed by atoms with Crippen LogP contribution in [0.25, 0.3) is 0 Å². The van der Waals surface area contributed by atoms with Crippen molar-refractivity contribution in [3.63, 3.8) is 0 Å². The number of hydrogen-bond donors (Lipinski definition) is 3. The Hall–Kier alpha value is -1.29. The molecule has 0 bridgehead atoms. The van der Waals surface area contributed by atoms with Crippen molar-refractivity contribution >= 4 is 5.91 Å². The third kappa shape index (κ3) is 3.22. The summed E-state index contributed by atoms with van der Waals surface area (Å²) in [5, 5.41) is 12.0. The van der Waals surface area contributed by atoms with Gasteiger partial charge in [0, 0.05) is 18.9 Å². The van der Waals surface area contributed by atoms with E-state index in [4.69, 9.17) is 0 Å². The minimum absolute atomic E-state index is 0.340. The Balaban J connectivity index is 2.26. The van der Waals surface area contributed by atoms with E-state index in [9.17, 15) is 9.90 Å². The lowest BCUT2D eigenvalue weighted by molar-refractivity contribution is -0.136. The number of rotatable bonds is 4. The molecule has 0 radical (unpaired) electrons. The van der Waals surface area contributed by atoms with E-state index < -0.39 is 5.60 Å². The van der Waals surface area contributed by atoms with Gasteiger partial charge in [-0.05, 0) is 31.9 Å². The van der Waals surface area contributed by atoms with Crippen LogP contribution in [-0.4, -0.2) is 28.1 Å². The summed E-state index contributed by atoms with van der Waals surface area (Å²) in [4.78, 5) is 14.2. The summed E-state index contributed by atoms with van der Waals surface area (Å²) in [6, 6.07) is 1.95. The fourth-order valence-electron chi connectivity index (χ4n) is 1.05. The van der Waals surface area contributed by atoms with Crippen LogP contribution in [0.4, 0.5) is 0 Å². The summed E-state index contributed by atoms with van der Waals surface area (Å²) in [6.07, 6.45) is 4.49. The predicted molar refractivity (Wildman–Crippen MR) is 53.8 cm³/mol. The molecule has 1 heterocycles. The summed E-state index contributed by atoms with van der Waals surface area (Å²) in [5.41, 5.74) is -0.154. The van der Waals surface area contributed by atoms with Gasteiger partial charge in [0.2, 0.25) is 0 Å². The van der Waals surface area contributed by atoms with Crippen molar-refractivity contribution in [1.82, 2.24) is 10.3 Å². The molecule has 4 nitrogen and oxygen atoms in total. The monoisotopic (exact) mass is 196 g/mol. The summed E-state index contributed by atoms with van der Waals surface area (Å²) >= 11 is 0. The van der Waals surface area contributed by atoms with Crippen LogP contribution in [0.5, 0.6) is 0 Å². The maximum Gasteiger partial charge on any atom is 0.251 e. The first-order valence-electron chi connectivity index (χ1n) is 4.62. The van der Waals surface area contributed by atoms with Crippen LogP contribution in [0.2, 0.25) is 0 Å². The molecule has 1 amide bonds. The van der Waals surface area contributed by atoms with E-state index in [2.05, 4.69) is 10.3 Å². The number of aromatic amines is 1. The lowest BCUT2D eigenvalue weighted by Crippen LogP contribution is -2.42. The topological polar surface area (TPSA) is 65.1 Å². The Labute approximate surface area is 83.3 Å². The fraction of sp³-hybridized carbons (Fsp3) is 0.500. The smallest absolute Gasteiger partial charge is 0.251 e. The normalized spacial score (nSPS) is 11.4. The van der Waals surface area contributed by atoms with Gasteiger partial charge in [-0.15, -0.1) is 0 Å². The van der Waals surface area contributed by atoms with Crippen LogP contribution in [0.1, 0.15) is 19.4 Å². The molecule has 0 aromatic carbocycles. The molecule has 0 spiro atoms. The number of amides is 1. The van der Waals surface area contributed by atoms with Gasteiger partial charge in [0.15, 0.2) is 0 Å². The second kappa shape index (κ2) is 4.28. The first-order valence-corrected chi connectivity index (χ1v) is 4.62. The maximum atomic E-state index is 11.2. The Morgan fingerprint density at radius 3 is 2.86 bits per heavy atom. The van der Waals surface area contributed by atoms with Gasteiger partial charge in [-0.3, -0.25) is 4.79 Å². The van der Waals surface area contributed by atoms with Gasteiger partial charge < -0.3 is 15.4 Å². The van der Waals surface area contributed by atoms with E-state index in [1.54, 1.807) is 0 Å². The van der Waals surface area contributed by atoms with E-state index in [0.717, 1.165) is 12.0 Å². The molecule has 1 aromatic rings. The molecule has 0 saturated heterocycles. The molecule has 0 atom stereocenters. The first kappa shape index (κ1) is 10.8. The molecule has 78 valence electrons. The van der Waals surface area contributed by atoms with Crippen LogP contribution >= 0.6 is 0 Å². The molecule has 1 rings (SSSR count). The van der Waals surface area contributed by atoms with Crippen molar-refractivity contribution in [3.05, 3.63) is 24.0 Å². The molecule has 0 aliphatic rings. The molecule has 14 heavy (non-hydrogen) atoms. The zero-order valence-electron chi connectivity index (χ0n) is 8.50. The summed E-state index contributed by atoms with van der Waals surface area (Å²) in [6.45, 7) is 3.48. The van der Waals surface area contributed by atoms with Crippen molar-refractivity contribution in [3.8, 4) is 0 Å². The minimum atomic E-state index is -1.29. The highest BCUT2D eigenvalue weighted by Crippen LogP contribution is 2.00. The van der Waals surface area contributed by atoms with E-state index >= 15 is 0 Å². The SMILES string of the molecule is CC(C)(O)C(=O)NCCc1cc[nH]c1. The third-order valence-electron chi connectivity index (χ3n) is 1.92. The number of aliphatic hydroxyl groups is 1. The highest BCUT2D eigenvalue weighted by Gasteiger charge is 2.22. The number of aromatic nitrogens is 1. The minimum Gasteiger partial charge on any atom is -0.381 e. The zero-order valence-corrected chi connectivity index (χ0v) is 8.50. The maximum absolute atomic E-state index is 11.2. The molecule has 4 heteroatoms. The summed E-state index contributed by atoms with van der Waals surface area (Å²) in [7, 11) is 0. The van der Waals surface area contributed by atoms with Crippen molar-refractivity contribution in [2.24, 2.45) is 0 Å². The van der Waals surface area contributed by atoms with Crippen molar-refractivity contribution in [2.45, 2.75) is 25.9 Å². The summed E-state index contributed by atoms with van der Waals surface area (Å²) < 4.78 is 0. The summed E-state index contributed by atoms with van der Waals surface area (Å²) in [5.74, 6) is -0.340. The first-order chi connectivity index (χ1) is 6.50. The van der Waals surface area contributed by atoms with Crippen molar-refractivity contribution < 1.29 is 9.90 Å². The average Bonchev–Trinajstić information content (AvgIpc) is 2.55. The van der Waals surface area contributed by atoms with E-state index in [1.807, 2.05) is 18.5 Å². The Morgan fingerprint density at radius 2 is 2.36 bits per heavy atom. The average molecular weight is 196 g/mol. The lowest BCUT2D eigenvalue weighted by atomic mass is 10.1. The standard InChI is InChI=1S/C10H16N2O2/c1-10(2,14)9(13)12-6-4-8-3-5-11-7-8/h3,5,7,11,14H,4,6H2,1-2H3,(H,12,13). The number of nitrogens with one attached hydrogen (secondary N) is 2. The van der Waals surface area contributed by atoms with Crippen LogP contribution in [0.3, 0.4) is 0 Å². The molecule has 1 aromatic heterocycles. The second-order valence-corrected chi connectivity index (χ2v) is 3.78.